The third-order valence-corrected chi connectivity index (χ3v) is 3.69. The molecule has 0 aliphatic carbocycles. The minimum Gasteiger partial charge on any atom is -0.365 e. The molecular weight excluding hydrogens is 258 g/mol. The molecule has 3 aromatic rings. The smallest absolute Gasteiger partial charge is 0.138 e. The Morgan fingerprint density at radius 3 is 3.11 bits per heavy atom. The van der Waals surface area contributed by atoms with E-state index in [-0.39, 0.29) is 6.04 Å². The van der Waals surface area contributed by atoms with Crippen molar-refractivity contribution < 1.29 is 0 Å². The Morgan fingerprint density at radius 2 is 2.32 bits per heavy atom. The number of nitrogens with one attached hydrogen (secondary N) is 1. The number of fused-ring (bicyclic) bond motifs is 1. The zero-order chi connectivity index (χ0) is 13.2. The molecule has 19 heavy (non-hydrogen) atoms. The third-order valence-electron chi connectivity index (χ3n) is 2.87. The van der Waals surface area contributed by atoms with E-state index >= 15 is 0 Å². The van der Waals surface area contributed by atoms with Gasteiger partial charge in [0.05, 0.1) is 18.1 Å². The van der Waals surface area contributed by atoms with Crippen molar-refractivity contribution in [3.05, 3.63) is 35.7 Å². The fourth-order valence-electron chi connectivity index (χ4n) is 2.03. The van der Waals surface area contributed by atoms with Gasteiger partial charge in [0, 0.05) is 12.2 Å². The van der Waals surface area contributed by atoms with E-state index in [1.54, 1.807) is 17.7 Å². The van der Waals surface area contributed by atoms with E-state index in [0.717, 1.165) is 22.6 Å². The van der Waals surface area contributed by atoms with E-state index in [4.69, 9.17) is 0 Å². The number of aromatic nitrogens is 4. The zero-order valence-electron chi connectivity index (χ0n) is 10.9. The number of rotatable bonds is 4. The van der Waals surface area contributed by atoms with Gasteiger partial charge in [-0.25, -0.2) is 9.97 Å². The van der Waals surface area contributed by atoms with E-state index in [2.05, 4.69) is 27.3 Å². The van der Waals surface area contributed by atoms with Crippen LogP contribution in [0.2, 0.25) is 0 Å². The van der Waals surface area contributed by atoms with Gasteiger partial charge in [-0.1, -0.05) is 0 Å². The third kappa shape index (κ3) is 2.58. The van der Waals surface area contributed by atoms with Crippen molar-refractivity contribution in [1.82, 2.24) is 19.7 Å². The van der Waals surface area contributed by atoms with Gasteiger partial charge in [0.1, 0.15) is 17.0 Å². The highest BCUT2D eigenvalue weighted by molar-refractivity contribution is 7.16. The predicted molar refractivity (Wildman–Crippen MR) is 77.5 cm³/mol. The first-order valence-electron chi connectivity index (χ1n) is 6.16. The molecule has 0 aliphatic heterocycles. The average Bonchev–Trinajstić information content (AvgIpc) is 2.98. The Morgan fingerprint density at radius 1 is 1.42 bits per heavy atom. The molecule has 98 valence electrons. The van der Waals surface area contributed by atoms with Crippen LogP contribution in [0.3, 0.4) is 0 Å². The lowest BCUT2D eigenvalue weighted by molar-refractivity contribution is 0.560. The molecule has 0 radical (unpaired) electrons. The largest absolute Gasteiger partial charge is 0.365 e. The molecule has 0 aromatic carbocycles. The average molecular weight is 273 g/mol. The molecule has 0 saturated heterocycles. The van der Waals surface area contributed by atoms with E-state index < -0.39 is 0 Å². The normalized spacial score (nSPS) is 12.7. The molecule has 1 N–H and O–H groups in total. The molecule has 0 unspecified atom stereocenters. The van der Waals surface area contributed by atoms with Crippen molar-refractivity contribution in [3.63, 3.8) is 0 Å². The van der Waals surface area contributed by atoms with Crippen molar-refractivity contribution in [3.8, 4) is 0 Å². The van der Waals surface area contributed by atoms with Gasteiger partial charge in [-0.05, 0) is 30.9 Å². The van der Waals surface area contributed by atoms with Crippen LogP contribution in [-0.2, 0) is 6.54 Å². The van der Waals surface area contributed by atoms with E-state index in [0.29, 0.717) is 0 Å². The number of hydrogen-bond donors (Lipinski definition) is 1. The van der Waals surface area contributed by atoms with E-state index in [9.17, 15) is 0 Å². The van der Waals surface area contributed by atoms with Crippen LogP contribution in [-0.4, -0.2) is 25.8 Å². The maximum atomic E-state index is 4.32. The highest BCUT2D eigenvalue weighted by atomic mass is 32.1. The zero-order valence-corrected chi connectivity index (χ0v) is 11.7. The molecule has 0 fully saturated rings. The van der Waals surface area contributed by atoms with Crippen LogP contribution >= 0.6 is 11.3 Å². The first-order chi connectivity index (χ1) is 9.22. The summed E-state index contributed by atoms with van der Waals surface area (Å²) < 4.78 is 1.94. The van der Waals surface area contributed by atoms with Crippen LogP contribution < -0.4 is 5.32 Å². The molecule has 1 atom stereocenters. The van der Waals surface area contributed by atoms with E-state index in [1.165, 1.54) is 5.56 Å². The first-order valence-corrected chi connectivity index (χ1v) is 7.04. The number of anilines is 1. The van der Waals surface area contributed by atoms with Crippen LogP contribution in [0, 0.1) is 6.92 Å². The monoisotopic (exact) mass is 273 g/mol. The molecule has 3 heterocycles. The van der Waals surface area contributed by atoms with Crippen LogP contribution in [0.5, 0.6) is 0 Å². The van der Waals surface area contributed by atoms with Gasteiger partial charge < -0.3 is 5.32 Å². The number of thiophene rings is 1. The molecule has 0 saturated carbocycles. The highest BCUT2D eigenvalue weighted by Crippen LogP contribution is 2.24. The standard InChI is InChI=1S/C13H15N5S/c1-9-5-16-18(6-9)7-10(2)17-12-11-3-4-19-13(11)15-8-14-12/h3-6,8,10H,7H2,1-2H3,(H,14,15,17)/t10-/m0/s1. The fraction of sp³-hybridized carbons (Fsp3) is 0.308. The summed E-state index contributed by atoms with van der Waals surface area (Å²) in [6.07, 6.45) is 5.51. The second kappa shape index (κ2) is 4.97. The number of aryl methyl sites for hydroxylation is 1. The summed E-state index contributed by atoms with van der Waals surface area (Å²) >= 11 is 1.63. The van der Waals surface area contributed by atoms with Gasteiger partial charge in [0.2, 0.25) is 0 Å². The number of nitrogens with zero attached hydrogens (tertiary/aromatic N) is 4. The van der Waals surface area contributed by atoms with Gasteiger partial charge in [0.25, 0.3) is 0 Å². The summed E-state index contributed by atoms with van der Waals surface area (Å²) in [5.41, 5.74) is 1.18. The Balaban J connectivity index is 1.75. The summed E-state index contributed by atoms with van der Waals surface area (Å²) in [5.74, 6) is 0.891. The molecular formula is C13H15N5S. The van der Waals surface area contributed by atoms with Gasteiger partial charge in [-0.2, -0.15) is 5.10 Å². The van der Waals surface area contributed by atoms with Crippen molar-refractivity contribution in [2.24, 2.45) is 0 Å². The second-order valence-corrected chi connectivity index (χ2v) is 5.54. The van der Waals surface area contributed by atoms with Crippen LogP contribution in [0.4, 0.5) is 5.82 Å². The van der Waals surface area contributed by atoms with Gasteiger partial charge in [0.15, 0.2) is 0 Å². The van der Waals surface area contributed by atoms with Crippen LogP contribution in [0.15, 0.2) is 30.2 Å². The lowest BCUT2D eigenvalue weighted by atomic mass is 10.3. The molecule has 6 heteroatoms. The maximum absolute atomic E-state index is 4.32. The summed E-state index contributed by atoms with van der Waals surface area (Å²) in [5, 5.41) is 10.8. The van der Waals surface area contributed by atoms with Gasteiger partial charge >= 0.3 is 0 Å². The Bertz CT molecular complexity index is 687. The molecule has 0 amide bonds. The Kier molecular flexibility index (Phi) is 3.16. The minimum absolute atomic E-state index is 0.248. The fourth-order valence-corrected chi connectivity index (χ4v) is 2.76. The molecule has 0 bridgehead atoms. The molecule has 0 aliphatic rings. The Labute approximate surface area is 115 Å². The molecule has 5 nitrogen and oxygen atoms in total. The lowest BCUT2D eigenvalue weighted by Crippen LogP contribution is -2.22. The van der Waals surface area contributed by atoms with E-state index in [1.807, 2.05) is 35.4 Å². The minimum atomic E-state index is 0.248. The van der Waals surface area contributed by atoms with Gasteiger partial charge in [-0.15, -0.1) is 11.3 Å². The molecule has 0 spiro atoms. The quantitative estimate of drug-likeness (QED) is 0.794. The Hall–Kier alpha value is -1.95. The van der Waals surface area contributed by atoms with Crippen molar-refractivity contribution >= 4 is 27.4 Å². The highest BCUT2D eigenvalue weighted by Gasteiger charge is 2.09. The molecule has 3 rings (SSSR count). The van der Waals surface area contributed by atoms with Crippen LogP contribution in [0.25, 0.3) is 10.2 Å². The molecule has 3 aromatic heterocycles. The van der Waals surface area contributed by atoms with Crippen LogP contribution in [0.1, 0.15) is 12.5 Å². The van der Waals surface area contributed by atoms with Crippen molar-refractivity contribution in [2.45, 2.75) is 26.4 Å². The van der Waals surface area contributed by atoms with Crippen molar-refractivity contribution in [2.75, 3.05) is 5.32 Å². The summed E-state index contributed by atoms with van der Waals surface area (Å²) in [6, 6.07) is 2.30. The SMILES string of the molecule is Cc1cnn(C[C@H](C)Nc2ncnc3sccc23)c1. The van der Waals surface area contributed by atoms with Gasteiger partial charge in [-0.3, -0.25) is 4.68 Å². The first kappa shape index (κ1) is 12.1. The van der Waals surface area contributed by atoms with Crippen molar-refractivity contribution in [1.29, 1.82) is 0 Å². The summed E-state index contributed by atoms with van der Waals surface area (Å²) in [4.78, 5) is 9.58. The predicted octanol–water partition coefficient (Wildman–Crippen LogP) is 2.70. The second-order valence-electron chi connectivity index (χ2n) is 4.65. The summed E-state index contributed by atoms with van der Waals surface area (Å²) in [7, 11) is 0. The maximum Gasteiger partial charge on any atom is 0.138 e. The topological polar surface area (TPSA) is 55.6 Å². The lowest BCUT2D eigenvalue weighted by Gasteiger charge is -2.14. The summed E-state index contributed by atoms with van der Waals surface area (Å²) in [6.45, 7) is 4.97. The number of hydrogen-bond acceptors (Lipinski definition) is 5.